The maximum Gasteiger partial charge on any atom is 0.272 e. The van der Waals surface area contributed by atoms with Gasteiger partial charge in [-0.25, -0.2) is 0 Å². The molecule has 2 rings (SSSR count). The average molecular weight is 364 g/mol. The molecule has 0 unspecified atom stereocenters. The number of nitrogens with zero attached hydrogens (tertiary/aromatic N) is 2. The molecule has 1 aliphatic rings. The third kappa shape index (κ3) is 5.92. The minimum Gasteiger partial charge on any atom is -0.314 e. The van der Waals surface area contributed by atoms with Crippen LogP contribution in [-0.2, 0) is 0 Å². The number of halogens is 2. The number of nitro benzene ring substituents is 1. The van der Waals surface area contributed by atoms with Gasteiger partial charge >= 0.3 is 0 Å². The molecule has 5 nitrogen and oxygen atoms in total. The minimum atomic E-state index is -0.270. The Labute approximate surface area is 150 Å². The normalized spacial score (nSPS) is 16.1. The highest BCUT2D eigenvalue weighted by Gasteiger charge is 2.23. The fraction of sp³-hybridized carbons (Fsp3) is 0.625. The molecule has 7 heteroatoms. The van der Waals surface area contributed by atoms with E-state index in [1.807, 2.05) is 6.07 Å². The number of rotatable bonds is 6. The van der Waals surface area contributed by atoms with Gasteiger partial charge in [0.25, 0.3) is 5.69 Å². The van der Waals surface area contributed by atoms with Crippen molar-refractivity contribution in [3.8, 4) is 0 Å². The maximum atomic E-state index is 11.2. The third-order valence-corrected chi connectivity index (χ3v) is 4.24. The number of nitrogens with one attached hydrogen (secondary N) is 1. The first kappa shape index (κ1) is 22.1. The standard InChI is InChI=1S/C16H25N3O2.2ClH/c1-3-4-5-15(18-10-8-17-9-11-18)14-7-6-13(2)16(12-14)19(20)21;;/h6-7,12,15,17H,3-5,8-11H2,1-2H3;2*1H/t15-;;/m0../s1. The van der Waals surface area contributed by atoms with E-state index in [0.717, 1.165) is 56.6 Å². The summed E-state index contributed by atoms with van der Waals surface area (Å²) < 4.78 is 0. The van der Waals surface area contributed by atoms with Gasteiger partial charge in [0.05, 0.1) is 4.92 Å². The van der Waals surface area contributed by atoms with Gasteiger partial charge in [0.2, 0.25) is 0 Å². The second-order valence-electron chi connectivity index (χ2n) is 5.75. The van der Waals surface area contributed by atoms with Gasteiger partial charge in [-0.1, -0.05) is 31.9 Å². The zero-order valence-electron chi connectivity index (χ0n) is 13.8. The zero-order chi connectivity index (χ0) is 15.2. The van der Waals surface area contributed by atoms with Crippen molar-refractivity contribution in [2.75, 3.05) is 26.2 Å². The molecule has 0 aliphatic carbocycles. The van der Waals surface area contributed by atoms with Crippen molar-refractivity contribution < 1.29 is 4.92 Å². The Kier molecular flexibility index (Phi) is 10.4. The quantitative estimate of drug-likeness (QED) is 0.615. The molecule has 0 radical (unpaired) electrons. The summed E-state index contributed by atoms with van der Waals surface area (Å²) in [6.45, 7) is 8.00. The summed E-state index contributed by atoms with van der Waals surface area (Å²) in [5, 5.41) is 14.5. The van der Waals surface area contributed by atoms with Crippen LogP contribution in [0.4, 0.5) is 5.69 Å². The summed E-state index contributed by atoms with van der Waals surface area (Å²) in [7, 11) is 0. The second-order valence-corrected chi connectivity index (χ2v) is 5.75. The van der Waals surface area contributed by atoms with Crippen LogP contribution in [0.1, 0.15) is 43.4 Å². The highest BCUT2D eigenvalue weighted by Crippen LogP contribution is 2.30. The van der Waals surface area contributed by atoms with Crippen molar-refractivity contribution in [1.82, 2.24) is 10.2 Å². The molecule has 1 atom stereocenters. The van der Waals surface area contributed by atoms with E-state index in [4.69, 9.17) is 0 Å². The summed E-state index contributed by atoms with van der Waals surface area (Å²) in [6.07, 6.45) is 3.36. The van der Waals surface area contributed by atoms with E-state index >= 15 is 0 Å². The second kappa shape index (κ2) is 10.8. The first-order valence-electron chi connectivity index (χ1n) is 7.83. The number of nitro groups is 1. The number of unbranched alkanes of at least 4 members (excludes halogenated alkanes) is 1. The summed E-state index contributed by atoms with van der Waals surface area (Å²) in [5.74, 6) is 0. The predicted octanol–water partition coefficient (Wildman–Crippen LogP) is 3.88. The summed E-state index contributed by atoms with van der Waals surface area (Å²) in [5.41, 5.74) is 2.06. The van der Waals surface area contributed by atoms with E-state index in [9.17, 15) is 10.1 Å². The number of hydrogen-bond donors (Lipinski definition) is 1. The van der Waals surface area contributed by atoms with E-state index < -0.39 is 0 Å². The highest BCUT2D eigenvalue weighted by atomic mass is 35.5. The number of benzene rings is 1. The number of hydrogen-bond acceptors (Lipinski definition) is 4. The Bertz CT molecular complexity index is 494. The molecule has 1 heterocycles. The largest absolute Gasteiger partial charge is 0.314 e. The molecule has 1 N–H and O–H groups in total. The molecular weight excluding hydrogens is 337 g/mol. The van der Waals surface area contributed by atoms with Gasteiger partial charge in [0, 0.05) is 43.9 Å². The molecule has 0 saturated carbocycles. The van der Waals surface area contributed by atoms with Crippen LogP contribution in [0.25, 0.3) is 0 Å². The Morgan fingerprint density at radius 3 is 2.52 bits per heavy atom. The molecule has 0 bridgehead atoms. The van der Waals surface area contributed by atoms with Gasteiger partial charge in [0.15, 0.2) is 0 Å². The molecule has 132 valence electrons. The monoisotopic (exact) mass is 363 g/mol. The van der Waals surface area contributed by atoms with Crippen LogP contribution in [0.2, 0.25) is 0 Å². The van der Waals surface area contributed by atoms with Crippen LogP contribution in [0.15, 0.2) is 18.2 Å². The van der Waals surface area contributed by atoms with Gasteiger partial charge in [-0.3, -0.25) is 15.0 Å². The number of aryl methyl sites for hydroxylation is 1. The van der Waals surface area contributed by atoms with Crippen molar-refractivity contribution in [3.63, 3.8) is 0 Å². The van der Waals surface area contributed by atoms with Crippen molar-refractivity contribution in [3.05, 3.63) is 39.4 Å². The van der Waals surface area contributed by atoms with Crippen LogP contribution in [0.5, 0.6) is 0 Å². The average Bonchev–Trinajstić information content (AvgIpc) is 2.50. The zero-order valence-corrected chi connectivity index (χ0v) is 15.4. The smallest absolute Gasteiger partial charge is 0.272 e. The molecular formula is C16H27Cl2N3O2. The van der Waals surface area contributed by atoms with E-state index in [1.54, 1.807) is 13.0 Å². The summed E-state index contributed by atoms with van der Waals surface area (Å²) >= 11 is 0. The van der Waals surface area contributed by atoms with Crippen molar-refractivity contribution >= 4 is 30.5 Å². The first-order chi connectivity index (χ1) is 10.1. The van der Waals surface area contributed by atoms with Gasteiger partial charge in [-0.2, -0.15) is 0 Å². The van der Waals surface area contributed by atoms with Crippen molar-refractivity contribution in [2.45, 2.75) is 39.2 Å². The van der Waals surface area contributed by atoms with Crippen LogP contribution in [0.3, 0.4) is 0 Å². The van der Waals surface area contributed by atoms with Crippen LogP contribution < -0.4 is 5.32 Å². The van der Waals surface area contributed by atoms with Gasteiger partial charge in [-0.15, -0.1) is 24.8 Å². The lowest BCUT2D eigenvalue weighted by Crippen LogP contribution is -2.45. The highest BCUT2D eigenvalue weighted by molar-refractivity contribution is 5.85. The summed E-state index contributed by atoms with van der Waals surface area (Å²) in [6, 6.07) is 6.02. The van der Waals surface area contributed by atoms with Crippen LogP contribution >= 0.6 is 24.8 Å². The van der Waals surface area contributed by atoms with Crippen LogP contribution in [-0.4, -0.2) is 36.0 Å². The number of piperazine rings is 1. The predicted molar refractivity (Wildman–Crippen MR) is 99.0 cm³/mol. The third-order valence-electron chi connectivity index (χ3n) is 4.24. The topological polar surface area (TPSA) is 58.4 Å². The molecule has 23 heavy (non-hydrogen) atoms. The van der Waals surface area contributed by atoms with Crippen LogP contribution in [0, 0.1) is 17.0 Å². The molecule has 1 saturated heterocycles. The first-order valence-corrected chi connectivity index (χ1v) is 7.83. The Hall–Kier alpha value is -0.880. The van der Waals surface area contributed by atoms with Crippen molar-refractivity contribution in [2.24, 2.45) is 0 Å². The SMILES string of the molecule is CCCC[C@@H](c1ccc(C)c([N+](=O)[O-])c1)N1CCNCC1.Cl.Cl. The van der Waals surface area contributed by atoms with Gasteiger partial charge in [-0.05, 0) is 18.9 Å². The lowest BCUT2D eigenvalue weighted by Gasteiger charge is -2.35. The van der Waals surface area contributed by atoms with E-state index in [-0.39, 0.29) is 35.4 Å². The molecule has 0 spiro atoms. The minimum absolute atomic E-state index is 0. The Balaban J connectivity index is 0.00000242. The molecule has 1 fully saturated rings. The van der Waals surface area contributed by atoms with E-state index in [0.29, 0.717) is 6.04 Å². The summed E-state index contributed by atoms with van der Waals surface area (Å²) in [4.78, 5) is 13.4. The fourth-order valence-corrected chi connectivity index (χ4v) is 2.98. The lowest BCUT2D eigenvalue weighted by atomic mass is 9.97. The van der Waals surface area contributed by atoms with Crippen molar-refractivity contribution in [1.29, 1.82) is 0 Å². The maximum absolute atomic E-state index is 11.2. The lowest BCUT2D eigenvalue weighted by molar-refractivity contribution is -0.385. The molecule has 0 aromatic heterocycles. The van der Waals surface area contributed by atoms with Gasteiger partial charge < -0.3 is 5.32 Å². The van der Waals surface area contributed by atoms with E-state index in [1.165, 1.54) is 0 Å². The van der Waals surface area contributed by atoms with Gasteiger partial charge in [0.1, 0.15) is 0 Å². The fourth-order valence-electron chi connectivity index (χ4n) is 2.98. The molecule has 1 aliphatic heterocycles. The Morgan fingerprint density at radius 1 is 1.30 bits per heavy atom. The molecule has 1 aromatic carbocycles. The molecule has 0 amide bonds. The Morgan fingerprint density at radius 2 is 1.96 bits per heavy atom. The van der Waals surface area contributed by atoms with E-state index in [2.05, 4.69) is 23.2 Å². The molecule has 1 aromatic rings.